The van der Waals surface area contributed by atoms with E-state index in [0.29, 0.717) is 43.6 Å². The highest BCUT2D eigenvalue weighted by Crippen LogP contribution is 2.71. The summed E-state index contributed by atoms with van der Waals surface area (Å²) in [7, 11) is 1.42. The van der Waals surface area contributed by atoms with E-state index in [1.807, 2.05) is 11.8 Å². The van der Waals surface area contributed by atoms with Crippen LogP contribution in [0.2, 0.25) is 0 Å². The maximum absolute atomic E-state index is 17.8. The molecule has 6 aliphatic rings. The van der Waals surface area contributed by atoms with Gasteiger partial charge >= 0.3 is 11.9 Å². The number of benzene rings is 1. The Kier molecular flexibility index (Phi) is 9.38. The lowest BCUT2D eigenvalue weighted by molar-refractivity contribution is -0.227. The second-order valence-corrected chi connectivity index (χ2v) is 17.7. The lowest BCUT2D eigenvalue weighted by Crippen LogP contribution is -2.70. The molecule has 1 unspecified atom stereocenters. The standard InChI is InChI=1S/C43H51F2N3O9/c1-22-15-31-30-10-7-25-16-27(50)11-12-40(25,4)42(30,45)33(51)18-41(31,5)43(22,57-24(3)49)34(52)21-56-39(54)29-20-48(26-8-9-26)35-28(37(29)53)17-32(44)36(38(35)55-6)47-14-13-46-23(2)19-47/h11-12,16-17,20,22-23,26,30-31,33,46,51H,7-10,13-15,18-19,21H2,1-6H3/t22-,23?,30-,31-,33-,40-,41-,42-,43-/m1/s1. The second kappa shape index (κ2) is 13.6. The molecule has 9 atom stereocenters. The number of nitrogens with zero attached hydrogens (tertiary/aromatic N) is 2. The van der Waals surface area contributed by atoms with Crippen LogP contribution in [-0.2, 0) is 23.9 Å². The molecular weight excluding hydrogens is 740 g/mol. The first-order valence-corrected chi connectivity index (χ1v) is 20.1. The third kappa shape index (κ3) is 5.59. The van der Waals surface area contributed by atoms with E-state index in [1.165, 1.54) is 32.4 Å². The maximum Gasteiger partial charge on any atom is 0.344 e. The fourth-order valence-corrected chi connectivity index (χ4v) is 11.8. The third-order valence-electron chi connectivity index (χ3n) is 14.5. The van der Waals surface area contributed by atoms with E-state index in [-0.39, 0.29) is 47.5 Å². The zero-order chi connectivity index (χ0) is 41.0. The van der Waals surface area contributed by atoms with E-state index in [1.54, 1.807) is 31.4 Å². The number of ether oxygens (including phenoxy) is 3. The van der Waals surface area contributed by atoms with Crippen LogP contribution < -0.4 is 20.4 Å². The summed E-state index contributed by atoms with van der Waals surface area (Å²) in [4.78, 5) is 69.6. The molecule has 5 fully saturated rings. The van der Waals surface area contributed by atoms with Crippen molar-refractivity contribution in [3.63, 3.8) is 0 Å². The average molecular weight is 792 g/mol. The van der Waals surface area contributed by atoms with E-state index < -0.39 is 87.1 Å². The van der Waals surface area contributed by atoms with E-state index in [2.05, 4.69) is 5.32 Å². The first kappa shape index (κ1) is 39.4. The molecule has 0 bridgehead atoms. The van der Waals surface area contributed by atoms with Crippen LogP contribution in [0.25, 0.3) is 10.9 Å². The van der Waals surface area contributed by atoms with Gasteiger partial charge in [0.15, 0.2) is 35.2 Å². The molecule has 2 N–H and O–H groups in total. The predicted molar refractivity (Wildman–Crippen MR) is 205 cm³/mol. The molecule has 4 saturated carbocycles. The number of methoxy groups -OCH3 is 1. The second-order valence-electron chi connectivity index (χ2n) is 17.7. The van der Waals surface area contributed by atoms with Crippen LogP contribution in [0.1, 0.15) is 89.5 Å². The molecule has 1 aromatic heterocycles. The van der Waals surface area contributed by atoms with Crippen LogP contribution in [0.5, 0.6) is 5.75 Å². The molecule has 5 aliphatic carbocycles. The Hall–Kier alpha value is -4.43. The van der Waals surface area contributed by atoms with Gasteiger partial charge in [-0.3, -0.25) is 19.2 Å². The number of aliphatic hydroxyl groups excluding tert-OH is 1. The van der Waals surface area contributed by atoms with Gasteiger partial charge in [-0.1, -0.05) is 25.5 Å². The normalized spacial score (nSPS) is 35.9. The van der Waals surface area contributed by atoms with Crippen molar-refractivity contribution >= 4 is 40.1 Å². The molecule has 2 heterocycles. The number of alkyl halides is 1. The SMILES string of the molecule is COc1c(N2CCNC(C)C2)c(F)cc2c(=O)c(C(=O)OCC(=O)[C@]3(OC(C)=O)[C@H](C)C[C@@H]4[C@H]5CCC6=CC(=O)C=C[C@@]6(C)[C@]5(F)[C@H](O)C[C@]43C)cn(C3CC3)c12. The topological polar surface area (TPSA) is 153 Å². The summed E-state index contributed by atoms with van der Waals surface area (Å²) in [5.41, 5.74) is -6.59. The van der Waals surface area contributed by atoms with Crippen molar-refractivity contribution in [2.24, 2.45) is 28.6 Å². The highest BCUT2D eigenvalue weighted by Gasteiger charge is 2.77. The fraction of sp³-hybridized carbons (Fsp3) is 0.605. The van der Waals surface area contributed by atoms with Crippen LogP contribution in [-0.4, -0.2) is 89.9 Å². The van der Waals surface area contributed by atoms with Crippen molar-refractivity contribution in [1.29, 1.82) is 0 Å². The fourth-order valence-electron chi connectivity index (χ4n) is 11.8. The molecule has 306 valence electrons. The molecule has 0 spiro atoms. The zero-order valence-electron chi connectivity index (χ0n) is 33.3. The molecule has 14 heteroatoms. The van der Waals surface area contributed by atoms with Crippen LogP contribution >= 0.6 is 0 Å². The number of carbonyl (C=O) groups excluding carboxylic acids is 4. The van der Waals surface area contributed by atoms with Crippen LogP contribution in [0.4, 0.5) is 14.5 Å². The van der Waals surface area contributed by atoms with Gasteiger partial charge in [-0.2, -0.15) is 0 Å². The van der Waals surface area contributed by atoms with Gasteiger partial charge in [0.1, 0.15) is 11.3 Å². The van der Waals surface area contributed by atoms with Gasteiger partial charge in [0.2, 0.25) is 11.2 Å². The van der Waals surface area contributed by atoms with Gasteiger partial charge in [0.05, 0.1) is 24.1 Å². The smallest absolute Gasteiger partial charge is 0.344 e. The molecular formula is C43H51F2N3O9. The Labute approximate surface area is 329 Å². The molecule has 0 amide bonds. The minimum Gasteiger partial charge on any atom is -0.492 e. The van der Waals surface area contributed by atoms with E-state index in [4.69, 9.17) is 14.2 Å². The summed E-state index contributed by atoms with van der Waals surface area (Å²) in [5, 5.41) is 15.1. The largest absolute Gasteiger partial charge is 0.492 e. The van der Waals surface area contributed by atoms with Gasteiger partial charge in [-0.25, -0.2) is 13.6 Å². The average Bonchev–Trinajstić information content (AvgIpc) is 3.98. The Morgan fingerprint density at radius 1 is 1.11 bits per heavy atom. The maximum atomic E-state index is 17.8. The van der Waals surface area contributed by atoms with Crippen LogP contribution in [0, 0.1) is 34.4 Å². The molecule has 8 rings (SSSR count). The van der Waals surface area contributed by atoms with Crippen molar-refractivity contribution in [3.05, 3.63) is 57.7 Å². The highest BCUT2D eigenvalue weighted by atomic mass is 19.1. The van der Waals surface area contributed by atoms with E-state index in [9.17, 15) is 29.1 Å². The van der Waals surface area contributed by atoms with Gasteiger partial charge in [0, 0.05) is 67.5 Å². The Morgan fingerprint density at radius 3 is 2.51 bits per heavy atom. The number of anilines is 1. The van der Waals surface area contributed by atoms with E-state index >= 15 is 8.78 Å². The minimum absolute atomic E-state index is 0.0673. The molecule has 0 radical (unpaired) electrons. The lowest BCUT2D eigenvalue weighted by atomic mass is 9.44. The third-order valence-corrected chi connectivity index (χ3v) is 14.5. The predicted octanol–water partition coefficient (Wildman–Crippen LogP) is 4.93. The minimum atomic E-state index is -2.18. The summed E-state index contributed by atoms with van der Waals surface area (Å²) in [6.07, 6.45) is 6.38. The number of hydrogen-bond donors (Lipinski definition) is 2. The number of aliphatic hydroxyl groups is 1. The number of pyridine rings is 1. The van der Waals surface area contributed by atoms with Gasteiger partial charge in [-0.15, -0.1) is 0 Å². The number of nitrogens with one attached hydrogen (secondary N) is 1. The lowest BCUT2D eigenvalue weighted by Gasteiger charge is -2.62. The van der Waals surface area contributed by atoms with Gasteiger partial charge in [-0.05, 0) is 76.5 Å². The number of fused-ring (bicyclic) bond motifs is 6. The Balaban J connectivity index is 1.12. The quantitative estimate of drug-likeness (QED) is 0.350. The number of piperazine rings is 1. The summed E-state index contributed by atoms with van der Waals surface area (Å²) in [6.45, 7) is 9.12. The summed E-state index contributed by atoms with van der Waals surface area (Å²) in [5.74, 6) is -5.30. The number of Topliss-reactive ketones (excluding diaryl/α,β-unsaturated/α-hetero) is 1. The van der Waals surface area contributed by atoms with Crippen molar-refractivity contribution in [1.82, 2.24) is 9.88 Å². The van der Waals surface area contributed by atoms with Crippen molar-refractivity contribution in [2.75, 3.05) is 38.3 Å². The monoisotopic (exact) mass is 791 g/mol. The number of ketones is 2. The van der Waals surface area contributed by atoms with Gasteiger partial charge < -0.3 is 34.1 Å². The van der Waals surface area contributed by atoms with Crippen LogP contribution in [0.3, 0.4) is 0 Å². The molecule has 1 aromatic carbocycles. The molecule has 1 saturated heterocycles. The molecule has 1 aliphatic heterocycles. The molecule has 57 heavy (non-hydrogen) atoms. The first-order valence-electron chi connectivity index (χ1n) is 20.1. The zero-order valence-corrected chi connectivity index (χ0v) is 33.3. The first-order chi connectivity index (χ1) is 26.9. The molecule has 2 aromatic rings. The summed E-state index contributed by atoms with van der Waals surface area (Å²) in [6, 6.07) is 1.14. The number of carbonyl (C=O) groups is 4. The van der Waals surface area contributed by atoms with Crippen molar-refractivity contribution in [3.8, 4) is 5.75 Å². The van der Waals surface area contributed by atoms with Crippen molar-refractivity contribution in [2.45, 2.75) is 103 Å². The van der Waals surface area contributed by atoms with E-state index in [0.717, 1.165) is 18.9 Å². The van der Waals surface area contributed by atoms with Crippen molar-refractivity contribution < 1.29 is 47.3 Å². The molecule has 12 nitrogen and oxygen atoms in total. The Bertz CT molecular complexity index is 2220. The highest BCUT2D eigenvalue weighted by molar-refractivity contribution is 6.01. The van der Waals surface area contributed by atoms with Crippen LogP contribution in [0.15, 0.2) is 40.9 Å². The number of aromatic nitrogens is 1. The number of hydrogen-bond acceptors (Lipinski definition) is 11. The number of halogens is 2. The number of allylic oxidation sites excluding steroid dienone is 4. The Morgan fingerprint density at radius 2 is 1.84 bits per heavy atom. The van der Waals surface area contributed by atoms with Gasteiger partial charge in [0.25, 0.3) is 0 Å². The number of esters is 2. The summed E-state index contributed by atoms with van der Waals surface area (Å²) >= 11 is 0. The summed E-state index contributed by atoms with van der Waals surface area (Å²) < 4.78 is 53.1. The number of rotatable bonds is 8.